The third-order valence-electron chi connectivity index (χ3n) is 6.67. The number of carboxylic acid groups (broad SMARTS) is 1. The van der Waals surface area contributed by atoms with E-state index < -0.39 is 5.97 Å². The number of anilines is 1. The van der Waals surface area contributed by atoms with Gasteiger partial charge in [-0.15, -0.1) is 0 Å². The van der Waals surface area contributed by atoms with Gasteiger partial charge in [-0.2, -0.15) is 0 Å². The second-order valence-electron chi connectivity index (χ2n) is 10.5. The summed E-state index contributed by atoms with van der Waals surface area (Å²) in [6, 6.07) is 15.3. The van der Waals surface area contributed by atoms with Crippen LogP contribution in [-0.4, -0.2) is 62.8 Å². The maximum Gasteiger partial charge on any atom is 0.338 e. The fourth-order valence-corrected chi connectivity index (χ4v) is 4.05. The molecule has 2 aromatic carbocycles. The Balaban J connectivity index is 0.000000375. The minimum Gasteiger partial charge on any atom is -0.478 e. The summed E-state index contributed by atoms with van der Waals surface area (Å²) in [5, 5.41) is 9.15. The SMILES string of the molecule is CC(C)CCc1cc(N(C)C)ccc1C(=O)O.CCC(COC(=O)c1ccccc1)CC(CC)N(C)C. The number of carbonyl (C=O) groups is 2. The highest BCUT2D eigenvalue weighted by molar-refractivity contribution is 5.90. The molecule has 6 heteroatoms. The summed E-state index contributed by atoms with van der Waals surface area (Å²) in [6.45, 7) is 9.16. The minimum absolute atomic E-state index is 0.220. The van der Waals surface area contributed by atoms with Gasteiger partial charge in [0.2, 0.25) is 0 Å². The molecule has 1 N–H and O–H groups in total. The van der Waals surface area contributed by atoms with E-state index in [1.807, 2.05) is 49.3 Å². The molecule has 0 bridgehead atoms. The maximum atomic E-state index is 11.9. The molecule has 2 atom stereocenters. The predicted octanol–water partition coefficient (Wildman–Crippen LogP) is 6.64. The molecule has 2 aromatic rings. The fraction of sp³-hybridized carbons (Fsp3) is 0.548. The number of benzene rings is 2. The number of ether oxygens (including phenoxy) is 1. The molecule has 0 spiro atoms. The standard InChI is InChI=1S/C17H27NO2.C14H21NO2/c1-5-14(12-16(6-2)18(3)4)13-20-17(19)15-10-8-7-9-11-15;1-10(2)5-6-11-9-12(15(3)4)7-8-13(11)14(16)17/h7-11,14,16H,5-6,12-13H2,1-4H3;7-10H,5-6H2,1-4H3,(H,16,17). The van der Waals surface area contributed by atoms with Crippen molar-refractivity contribution in [2.45, 2.75) is 65.8 Å². The van der Waals surface area contributed by atoms with Crippen LogP contribution in [0.25, 0.3) is 0 Å². The highest BCUT2D eigenvalue weighted by Crippen LogP contribution is 2.21. The van der Waals surface area contributed by atoms with Crippen molar-refractivity contribution in [3.05, 3.63) is 65.2 Å². The first kappa shape index (κ1) is 32.2. The number of aromatic carboxylic acids is 1. The molecule has 0 aliphatic heterocycles. The quantitative estimate of drug-likeness (QED) is 0.303. The summed E-state index contributed by atoms with van der Waals surface area (Å²) in [6.07, 6.45) is 5.06. The van der Waals surface area contributed by atoms with Gasteiger partial charge in [-0.1, -0.05) is 52.3 Å². The van der Waals surface area contributed by atoms with Crippen LogP contribution in [0.3, 0.4) is 0 Å². The summed E-state index contributed by atoms with van der Waals surface area (Å²) >= 11 is 0. The van der Waals surface area contributed by atoms with Gasteiger partial charge < -0.3 is 19.6 Å². The molecule has 0 saturated heterocycles. The predicted molar refractivity (Wildman–Crippen MR) is 154 cm³/mol. The lowest BCUT2D eigenvalue weighted by Gasteiger charge is -2.27. The molecule has 2 unspecified atom stereocenters. The molecule has 0 fully saturated rings. The molecule has 0 amide bonds. The molecule has 0 saturated carbocycles. The molecule has 37 heavy (non-hydrogen) atoms. The largest absolute Gasteiger partial charge is 0.478 e. The number of hydrogen-bond donors (Lipinski definition) is 1. The number of esters is 1. The third-order valence-corrected chi connectivity index (χ3v) is 6.67. The van der Waals surface area contributed by atoms with Gasteiger partial charge in [-0.25, -0.2) is 9.59 Å². The summed E-state index contributed by atoms with van der Waals surface area (Å²) in [4.78, 5) is 27.3. The number of nitrogens with zero attached hydrogens (tertiary/aromatic N) is 2. The number of hydrogen-bond acceptors (Lipinski definition) is 5. The van der Waals surface area contributed by atoms with Crippen LogP contribution in [0.2, 0.25) is 0 Å². The summed E-state index contributed by atoms with van der Waals surface area (Å²) in [7, 11) is 8.14. The van der Waals surface area contributed by atoms with Crippen molar-refractivity contribution < 1.29 is 19.4 Å². The van der Waals surface area contributed by atoms with Gasteiger partial charge in [0.1, 0.15) is 0 Å². The Bertz CT molecular complexity index is 941. The Morgan fingerprint density at radius 1 is 0.946 bits per heavy atom. The van der Waals surface area contributed by atoms with Gasteiger partial charge in [-0.3, -0.25) is 0 Å². The molecule has 0 aliphatic carbocycles. The molecule has 0 aliphatic rings. The van der Waals surface area contributed by atoms with Crippen LogP contribution < -0.4 is 4.90 Å². The van der Waals surface area contributed by atoms with Gasteiger partial charge in [-0.05, 0) is 87.5 Å². The molecule has 206 valence electrons. The summed E-state index contributed by atoms with van der Waals surface area (Å²) in [5.74, 6) is -0.0503. The average Bonchev–Trinajstić information content (AvgIpc) is 2.87. The Morgan fingerprint density at radius 3 is 2.08 bits per heavy atom. The van der Waals surface area contributed by atoms with E-state index in [0.717, 1.165) is 43.4 Å². The monoisotopic (exact) mass is 512 g/mol. The van der Waals surface area contributed by atoms with Crippen molar-refractivity contribution in [3.63, 3.8) is 0 Å². The van der Waals surface area contributed by atoms with Crippen LogP contribution in [0.4, 0.5) is 5.69 Å². The van der Waals surface area contributed by atoms with Crippen LogP contribution in [0.5, 0.6) is 0 Å². The van der Waals surface area contributed by atoms with E-state index in [-0.39, 0.29) is 5.97 Å². The van der Waals surface area contributed by atoms with Crippen LogP contribution in [0.15, 0.2) is 48.5 Å². The topological polar surface area (TPSA) is 70.1 Å². The van der Waals surface area contributed by atoms with E-state index in [0.29, 0.717) is 35.6 Å². The van der Waals surface area contributed by atoms with Crippen molar-refractivity contribution in [1.29, 1.82) is 0 Å². The first-order valence-corrected chi connectivity index (χ1v) is 13.4. The zero-order valence-electron chi connectivity index (χ0n) is 24.2. The lowest BCUT2D eigenvalue weighted by molar-refractivity contribution is 0.0408. The van der Waals surface area contributed by atoms with Gasteiger partial charge >= 0.3 is 11.9 Å². The van der Waals surface area contributed by atoms with Crippen molar-refractivity contribution in [3.8, 4) is 0 Å². The summed E-state index contributed by atoms with van der Waals surface area (Å²) in [5.41, 5.74) is 3.03. The zero-order chi connectivity index (χ0) is 28.0. The summed E-state index contributed by atoms with van der Waals surface area (Å²) < 4.78 is 5.45. The second kappa shape index (κ2) is 16.8. The minimum atomic E-state index is -0.839. The lowest BCUT2D eigenvalue weighted by Crippen LogP contribution is -2.30. The zero-order valence-corrected chi connectivity index (χ0v) is 24.2. The fourth-order valence-electron chi connectivity index (χ4n) is 4.05. The van der Waals surface area contributed by atoms with Crippen molar-refractivity contribution in [2.75, 3.05) is 39.7 Å². The van der Waals surface area contributed by atoms with Crippen LogP contribution >= 0.6 is 0 Å². The second-order valence-corrected chi connectivity index (χ2v) is 10.5. The van der Waals surface area contributed by atoms with Crippen molar-refractivity contribution >= 4 is 17.6 Å². The highest BCUT2D eigenvalue weighted by atomic mass is 16.5. The highest BCUT2D eigenvalue weighted by Gasteiger charge is 2.18. The van der Waals surface area contributed by atoms with Gasteiger partial charge in [0.05, 0.1) is 17.7 Å². The molecular weight excluding hydrogens is 464 g/mol. The van der Waals surface area contributed by atoms with E-state index in [2.05, 4.69) is 46.7 Å². The number of carboxylic acids is 1. The Morgan fingerprint density at radius 2 is 1.59 bits per heavy atom. The molecule has 0 heterocycles. The molecule has 2 rings (SSSR count). The lowest BCUT2D eigenvalue weighted by atomic mass is 9.96. The van der Waals surface area contributed by atoms with Gasteiger partial charge in [0.25, 0.3) is 0 Å². The average molecular weight is 513 g/mol. The number of rotatable bonds is 13. The van der Waals surface area contributed by atoms with Gasteiger partial charge in [0.15, 0.2) is 0 Å². The van der Waals surface area contributed by atoms with E-state index >= 15 is 0 Å². The molecule has 6 nitrogen and oxygen atoms in total. The van der Waals surface area contributed by atoms with Gasteiger partial charge in [0, 0.05) is 25.8 Å². The number of carbonyl (C=O) groups excluding carboxylic acids is 1. The Kier molecular flexibility index (Phi) is 14.6. The van der Waals surface area contributed by atoms with Crippen molar-refractivity contribution in [2.24, 2.45) is 11.8 Å². The molecular formula is C31H48N2O4. The Hall–Kier alpha value is -2.86. The van der Waals surface area contributed by atoms with Crippen LogP contribution in [-0.2, 0) is 11.2 Å². The first-order valence-electron chi connectivity index (χ1n) is 13.4. The molecule has 0 aromatic heterocycles. The van der Waals surface area contributed by atoms with E-state index in [4.69, 9.17) is 9.84 Å². The maximum absolute atomic E-state index is 11.9. The van der Waals surface area contributed by atoms with E-state index in [1.54, 1.807) is 18.2 Å². The first-order chi connectivity index (χ1) is 17.5. The molecule has 0 radical (unpaired) electrons. The number of aryl methyl sites for hydroxylation is 1. The smallest absolute Gasteiger partial charge is 0.338 e. The van der Waals surface area contributed by atoms with Crippen molar-refractivity contribution in [1.82, 2.24) is 4.90 Å². The third kappa shape index (κ3) is 11.8. The van der Waals surface area contributed by atoms with Crippen LogP contribution in [0, 0.1) is 11.8 Å². The normalized spacial score (nSPS) is 12.5. The van der Waals surface area contributed by atoms with E-state index in [9.17, 15) is 9.59 Å². The van der Waals surface area contributed by atoms with Crippen LogP contribution in [0.1, 0.15) is 79.7 Å². The Labute approximate surface area is 224 Å². The van der Waals surface area contributed by atoms with E-state index in [1.165, 1.54) is 0 Å².